The number of aromatic nitrogens is 1. The molecule has 1 atom stereocenters. The Morgan fingerprint density at radius 1 is 1.00 bits per heavy atom. The molecule has 0 saturated heterocycles. The molecule has 164 valence electrons. The second kappa shape index (κ2) is 9.13. The maximum Gasteiger partial charge on any atom is 0.273 e. The lowest BCUT2D eigenvalue weighted by atomic mass is 9.70. The van der Waals surface area contributed by atoms with Gasteiger partial charge in [0.2, 0.25) is 0 Å². The van der Waals surface area contributed by atoms with E-state index >= 15 is 0 Å². The number of aliphatic imine (C=N–C) groups is 1. The van der Waals surface area contributed by atoms with E-state index in [9.17, 15) is 8.42 Å². The minimum atomic E-state index is -3.81. The maximum atomic E-state index is 13.6. The van der Waals surface area contributed by atoms with Crippen LogP contribution in [0.2, 0.25) is 0 Å². The summed E-state index contributed by atoms with van der Waals surface area (Å²) in [6, 6.07) is 12.2. The van der Waals surface area contributed by atoms with Gasteiger partial charge in [0, 0.05) is 6.20 Å². The van der Waals surface area contributed by atoms with E-state index in [-0.39, 0.29) is 22.2 Å². The van der Waals surface area contributed by atoms with Crippen LogP contribution in [0.25, 0.3) is 0 Å². The van der Waals surface area contributed by atoms with E-state index in [0.717, 1.165) is 12.8 Å². The third-order valence-electron chi connectivity index (χ3n) is 6.35. The number of pyridine rings is 1. The second-order valence-electron chi connectivity index (χ2n) is 8.95. The summed E-state index contributed by atoms with van der Waals surface area (Å²) in [5.41, 5.74) is 0.534. The van der Waals surface area contributed by atoms with E-state index in [1.54, 1.807) is 18.3 Å². The molecule has 31 heavy (non-hydrogen) atoms. The number of para-hydroxylation sites is 1. The van der Waals surface area contributed by atoms with E-state index in [2.05, 4.69) is 18.1 Å². The topological polar surface area (TPSA) is 74.7 Å². The number of rotatable bonds is 4. The Hall–Kier alpha value is -2.19. The van der Waals surface area contributed by atoms with E-state index in [0.29, 0.717) is 11.5 Å². The van der Waals surface area contributed by atoms with Crippen LogP contribution >= 0.6 is 0 Å². The molecule has 1 aliphatic carbocycles. The van der Waals surface area contributed by atoms with Gasteiger partial charge in [-0.2, -0.15) is 0 Å². The maximum absolute atomic E-state index is 13.6. The van der Waals surface area contributed by atoms with Crippen molar-refractivity contribution in [3.8, 4) is 0 Å². The van der Waals surface area contributed by atoms with Crippen LogP contribution in [0.1, 0.15) is 58.3 Å². The molecule has 0 radical (unpaired) electrons. The van der Waals surface area contributed by atoms with E-state index in [1.165, 1.54) is 42.8 Å². The number of nitrogens with one attached hydrogen (secondary N) is 1. The largest absolute Gasteiger partial charge is 0.310 e. The van der Waals surface area contributed by atoms with Gasteiger partial charge in [0.05, 0.1) is 11.7 Å². The Morgan fingerprint density at radius 2 is 1.65 bits per heavy atom. The first-order valence-electron chi connectivity index (χ1n) is 11.3. The first-order chi connectivity index (χ1) is 14.9. The number of anilines is 1. The summed E-state index contributed by atoms with van der Waals surface area (Å²) in [5.74, 6) is 0.733. The van der Waals surface area contributed by atoms with Gasteiger partial charge in [0.25, 0.3) is 10.0 Å². The quantitative estimate of drug-likeness (QED) is 0.738. The molecular formula is C23H31BN4O2S. The summed E-state index contributed by atoms with van der Waals surface area (Å²) in [6.45, 7) is 2.01. The summed E-state index contributed by atoms with van der Waals surface area (Å²) in [6.07, 6.45) is 11.3. The molecule has 1 aromatic heterocycles. The van der Waals surface area contributed by atoms with Crippen molar-refractivity contribution in [3.63, 3.8) is 0 Å². The third-order valence-corrected chi connectivity index (χ3v) is 8.10. The molecule has 2 heterocycles. The zero-order chi connectivity index (χ0) is 21.9. The van der Waals surface area contributed by atoms with E-state index in [1.807, 2.05) is 37.3 Å². The predicted octanol–water partition coefficient (Wildman–Crippen LogP) is 3.76. The molecule has 2 aliphatic rings. The lowest BCUT2D eigenvalue weighted by molar-refractivity contribution is 0.372. The van der Waals surface area contributed by atoms with Crippen LogP contribution < -0.4 is 9.62 Å². The van der Waals surface area contributed by atoms with Crippen molar-refractivity contribution >= 4 is 35.2 Å². The van der Waals surface area contributed by atoms with Gasteiger partial charge >= 0.3 is 0 Å². The molecule has 1 aromatic carbocycles. The fraction of sp³-hybridized carbons (Fsp3) is 0.478. The zero-order valence-corrected chi connectivity index (χ0v) is 19.2. The second-order valence-corrected chi connectivity index (χ2v) is 10.7. The molecule has 2 aromatic rings. The molecule has 0 bridgehead atoms. The van der Waals surface area contributed by atoms with Gasteiger partial charge in [-0.15, -0.1) is 0 Å². The van der Waals surface area contributed by atoms with Crippen molar-refractivity contribution < 1.29 is 8.42 Å². The normalized spacial score (nSPS) is 21.7. The summed E-state index contributed by atoms with van der Waals surface area (Å²) in [7, 11) is -1.54. The predicted molar refractivity (Wildman–Crippen MR) is 128 cm³/mol. The number of amidine groups is 1. The molecule has 1 aliphatic heterocycles. The van der Waals surface area contributed by atoms with Crippen LogP contribution in [0.5, 0.6) is 0 Å². The van der Waals surface area contributed by atoms with Crippen LogP contribution in [0.4, 0.5) is 11.5 Å². The smallest absolute Gasteiger partial charge is 0.273 e. The molecule has 1 fully saturated rings. The molecule has 0 spiro atoms. The van der Waals surface area contributed by atoms with Crippen molar-refractivity contribution in [2.75, 3.05) is 4.31 Å². The number of hydrogen-bond donors (Lipinski definition) is 1. The molecule has 1 unspecified atom stereocenters. The van der Waals surface area contributed by atoms with Gasteiger partial charge in [0.15, 0.2) is 5.82 Å². The summed E-state index contributed by atoms with van der Waals surface area (Å²) < 4.78 is 28.6. The third kappa shape index (κ3) is 4.70. The Balaban J connectivity index is 1.72. The average molecular weight is 438 g/mol. The Morgan fingerprint density at radius 3 is 2.32 bits per heavy atom. The molecular weight excluding hydrogens is 407 g/mol. The first-order valence-corrected chi connectivity index (χ1v) is 12.8. The van der Waals surface area contributed by atoms with Gasteiger partial charge < -0.3 is 5.32 Å². The number of fused-ring (bicyclic) bond motifs is 1. The number of benzene rings is 1. The molecule has 8 heteroatoms. The standard InChI is InChI=1S/C23H31BN4O2S/c1-18(27-23(24)15-9-4-2-3-5-10-16-23)22-26-21-20(14-11-17-25-21)31(29,30)28(22)19-12-7-6-8-13-19/h6-8,11-14,17-18,27H,2-5,9-10,15-16,24H2,1H3. The SMILES string of the molecule is BC1(NC(C)C2=Nc3ncccc3S(=O)(=O)N2c2ccccc2)CCCCCCCC1. The van der Waals surface area contributed by atoms with Gasteiger partial charge in [-0.25, -0.2) is 22.7 Å². The molecule has 4 rings (SSSR count). The van der Waals surface area contributed by atoms with Crippen LogP contribution in [0, 0.1) is 0 Å². The molecule has 1 saturated carbocycles. The van der Waals surface area contributed by atoms with Crippen molar-refractivity contribution in [3.05, 3.63) is 48.7 Å². The monoisotopic (exact) mass is 438 g/mol. The lowest BCUT2D eigenvalue weighted by Crippen LogP contribution is -2.57. The van der Waals surface area contributed by atoms with Gasteiger partial charge in [0.1, 0.15) is 18.6 Å². The summed E-state index contributed by atoms with van der Waals surface area (Å²) >= 11 is 0. The van der Waals surface area contributed by atoms with Crippen LogP contribution in [0.15, 0.2) is 58.5 Å². The highest BCUT2D eigenvalue weighted by Crippen LogP contribution is 2.35. The highest BCUT2D eigenvalue weighted by atomic mass is 32.2. The fourth-order valence-electron chi connectivity index (χ4n) is 4.74. The molecule has 1 N–H and O–H groups in total. The fourth-order valence-corrected chi connectivity index (χ4v) is 6.36. The van der Waals surface area contributed by atoms with Crippen molar-refractivity contribution in [1.29, 1.82) is 0 Å². The molecule has 6 nitrogen and oxygen atoms in total. The lowest BCUT2D eigenvalue weighted by Gasteiger charge is -2.38. The van der Waals surface area contributed by atoms with Gasteiger partial charge in [-0.05, 0) is 49.5 Å². The van der Waals surface area contributed by atoms with Crippen molar-refractivity contribution in [1.82, 2.24) is 10.3 Å². The molecule has 0 amide bonds. The summed E-state index contributed by atoms with van der Waals surface area (Å²) in [5, 5.41) is 3.76. The number of hydrogen-bond acceptors (Lipinski definition) is 5. The Bertz CT molecular complexity index is 1030. The van der Waals surface area contributed by atoms with Crippen molar-refractivity contribution in [2.24, 2.45) is 4.99 Å². The van der Waals surface area contributed by atoms with Crippen LogP contribution in [-0.4, -0.2) is 38.6 Å². The van der Waals surface area contributed by atoms with Crippen LogP contribution in [-0.2, 0) is 10.0 Å². The minimum Gasteiger partial charge on any atom is -0.310 e. The highest BCUT2D eigenvalue weighted by molar-refractivity contribution is 7.93. The first kappa shape index (κ1) is 22.0. The Labute approximate surface area is 186 Å². The number of nitrogens with zero attached hydrogens (tertiary/aromatic N) is 3. The summed E-state index contributed by atoms with van der Waals surface area (Å²) in [4.78, 5) is 9.15. The number of sulfonamides is 1. The van der Waals surface area contributed by atoms with Gasteiger partial charge in [-0.3, -0.25) is 0 Å². The highest BCUT2D eigenvalue weighted by Gasteiger charge is 2.39. The van der Waals surface area contributed by atoms with Crippen LogP contribution in [0.3, 0.4) is 0 Å². The average Bonchev–Trinajstić information content (AvgIpc) is 2.86. The Kier molecular flexibility index (Phi) is 6.48. The van der Waals surface area contributed by atoms with Crippen molar-refractivity contribution in [2.45, 2.75) is 74.7 Å². The van der Waals surface area contributed by atoms with Gasteiger partial charge in [-0.1, -0.05) is 56.7 Å². The zero-order valence-electron chi connectivity index (χ0n) is 18.4. The van der Waals surface area contributed by atoms with E-state index < -0.39 is 10.0 Å². The van der Waals surface area contributed by atoms with E-state index in [4.69, 9.17) is 4.99 Å². The minimum absolute atomic E-state index is 0.0528.